The van der Waals surface area contributed by atoms with Crippen molar-refractivity contribution in [1.82, 2.24) is 14.5 Å². The summed E-state index contributed by atoms with van der Waals surface area (Å²) >= 11 is 6.40. The second-order valence-corrected chi connectivity index (χ2v) is 17.6. The number of halogens is 1. The molecule has 4 aromatic rings. The predicted molar refractivity (Wildman–Crippen MR) is 163 cm³/mol. The largest absolute Gasteiger partial charge is 0.407 e. The van der Waals surface area contributed by atoms with E-state index in [1.165, 1.54) is 16.7 Å². The van der Waals surface area contributed by atoms with Crippen LogP contribution in [0.3, 0.4) is 0 Å². The van der Waals surface area contributed by atoms with Gasteiger partial charge in [-0.25, -0.2) is 9.97 Å². The molecule has 0 unspecified atom stereocenters. The van der Waals surface area contributed by atoms with Crippen molar-refractivity contribution in [2.24, 2.45) is 5.41 Å². The van der Waals surface area contributed by atoms with Crippen LogP contribution in [0.25, 0.3) is 11.0 Å². The maximum absolute atomic E-state index is 11.2. The van der Waals surface area contributed by atoms with E-state index in [0.29, 0.717) is 18.2 Å². The first kappa shape index (κ1) is 28.5. The average molecular weight is 592 g/mol. The van der Waals surface area contributed by atoms with Crippen LogP contribution in [0.5, 0.6) is 0 Å². The fraction of sp³-hybridized carbons (Fsp3) is 0.438. The van der Waals surface area contributed by atoms with E-state index in [-0.39, 0.29) is 29.9 Å². The Hall–Kier alpha value is -2.59. The highest BCUT2D eigenvalue weighted by atomic mass is 35.5. The van der Waals surface area contributed by atoms with Crippen LogP contribution in [0, 0.1) is 5.41 Å². The highest BCUT2D eigenvalue weighted by Crippen LogP contribution is 2.54. The van der Waals surface area contributed by atoms with Crippen LogP contribution in [-0.4, -0.2) is 59.2 Å². The molecular formula is C32H38ClN3O4Si. The summed E-state index contributed by atoms with van der Waals surface area (Å²) in [7, 11) is -2.85. The van der Waals surface area contributed by atoms with Gasteiger partial charge in [0.05, 0.1) is 24.1 Å². The number of aliphatic hydroxyl groups excluding tert-OH is 1. The Kier molecular flexibility index (Phi) is 7.16. The van der Waals surface area contributed by atoms with E-state index in [1.807, 2.05) is 38.2 Å². The molecule has 1 N–H and O–H groups in total. The van der Waals surface area contributed by atoms with Crippen LogP contribution in [0.15, 0.2) is 79.3 Å². The van der Waals surface area contributed by atoms with E-state index in [1.54, 1.807) is 0 Å². The normalized spacial score (nSPS) is 26.0. The zero-order chi connectivity index (χ0) is 29.0. The van der Waals surface area contributed by atoms with Gasteiger partial charge in [0.2, 0.25) is 0 Å². The van der Waals surface area contributed by atoms with Crippen LogP contribution in [0.1, 0.15) is 47.1 Å². The van der Waals surface area contributed by atoms with Gasteiger partial charge in [-0.15, -0.1) is 0 Å². The average Bonchev–Trinajstić information content (AvgIpc) is 3.60. The van der Waals surface area contributed by atoms with E-state index in [9.17, 15) is 5.11 Å². The molecule has 216 valence electrons. The summed E-state index contributed by atoms with van der Waals surface area (Å²) in [6.07, 6.45) is 3.38. The number of benzene rings is 2. The van der Waals surface area contributed by atoms with Crippen LogP contribution >= 0.6 is 11.6 Å². The van der Waals surface area contributed by atoms with E-state index < -0.39 is 19.5 Å². The van der Waals surface area contributed by atoms with Gasteiger partial charge in [-0.05, 0) is 41.7 Å². The third kappa shape index (κ3) is 4.65. The van der Waals surface area contributed by atoms with Crippen molar-refractivity contribution in [1.29, 1.82) is 0 Å². The van der Waals surface area contributed by atoms with Gasteiger partial charge in [0.25, 0.3) is 8.32 Å². The van der Waals surface area contributed by atoms with E-state index in [2.05, 4.69) is 83.8 Å². The summed E-state index contributed by atoms with van der Waals surface area (Å²) in [4.78, 5) is 8.70. The first-order valence-electron chi connectivity index (χ1n) is 14.2. The zero-order valence-corrected chi connectivity index (χ0v) is 26.0. The SMILES string of the molecule is CC1(C)O[C@H]2[C@H](n3ccc4c(Cl)ncnc43)C[C@](CO)(CO[Si](c3ccccc3)(c3ccccc3)C(C)(C)C)[C@H]2O1. The van der Waals surface area contributed by atoms with Crippen LogP contribution < -0.4 is 10.4 Å². The predicted octanol–water partition coefficient (Wildman–Crippen LogP) is 5.10. The van der Waals surface area contributed by atoms with Gasteiger partial charge in [-0.2, -0.15) is 0 Å². The molecule has 0 spiro atoms. The molecule has 0 bridgehead atoms. The van der Waals surface area contributed by atoms with Gasteiger partial charge < -0.3 is 23.6 Å². The lowest BCUT2D eigenvalue weighted by molar-refractivity contribution is -0.175. The summed E-state index contributed by atoms with van der Waals surface area (Å²) in [6, 6.07) is 23.0. The quantitative estimate of drug-likeness (QED) is 0.238. The molecule has 7 nitrogen and oxygen atoms in total. The number of hydrogen-bond donors (Lipinski definition) is 1. The minimum atomic E-state index is -2.85. The van der Waals surface area contributed by atoms with Crippen molar-refractivity contribution in [2.45, 2.75) is 70.1 Å². The molecule has 4 atom stereocenters. The third-order valence-corrected chi connectivity index (χ3v) is 14.1. The molecule has 1 saturated carbocycles. The number of hydrogen-bond acceptors (Lipinski definition) is 6. The van der Waals surface area contributed by atoms with Crippen LogP contribution in [0.2, 0.25) is 10.2 Å². The molecule has 9 heteroatoms. The van der Waals surface area contributed by atoms with Crippen molar-refractivity contribution < 1.29 is 19.0 Å². The Morgan fingerprint density at radius 3 is 2.22 bits per heavy atom. The van der Waals surface area contributed by atoms with Crippen molar-refractivity contribution in [3.05, 3.63) is 84.4 Å². The molecule has 1 aliphatic carbocycles. The number of aromatic nitrogens is 3. The molecule has 2 aromatic carbocycles. The second-order valence-electron chi connectivity index (χ2n) is 12.9. The van der Waals surface area contributed by atoms with E-state index >= 15 is 0 Å². The van der Waals surface area contributed by atoms with Gasteiger partial charge in [-0.3, -0.25) is 0 Å². The summed E-state index contributed by atoms with van der Waals surface area (Å²) in [5.74, 6) is -0.804. The molecule has 2 aliphatic rings. The molecule has 1 saturated heterocycles. The summed E-state index contributed by atoms with van der Waals surface area (Å²) < 4.78 is 22.6. The van der Waals surface area contributed by atoms with Crippen molar-refractivity contribution in [3.63, 3.8) is 0 Å². The lowest BCUT2D eigenvalue weighted by atomic mass is 9.85. The Morgan fingerprint density at radius 2 is 1.63 bits per heavy atom. The number of aliphatic hydroxyl groups is 1. The molecule has 41 heavy (non-hydrogen) atoms. The Morgan fingerprint density at radius 1 is 1.00 bits per heavy atom. The molecule has 2 aromatic heterocycles. The lowest BCUT2D eigenvalue weighted by Crippen LogP contribution is -2.67. The maximum Gasteiger partial charge on any atom is 0.261 e. The smallest absolute Gasteiger partial charge is 0.261 e. The number of nitrogens with zero attached hydrogens (tertiary/aromatic N) is 3. The fourth-order valence-electron chi connectivity index (χ4n) is 7.01. The van der Waals surface area contributed by atoms with Crippen molar-refractivity contribution in [3.8, 4) is 0 Å². The molecule has 0 radical (unpaired) electrons. The third-order valence-electron chi connectivity index (χ3n) is 8.85. The van der Waals surface area contributed by atoms with Gasteiger partial charge in [0.15, 0.2) is 5.79 Å². The van der Waals surface area contributed by atoms with Gasteiger partial charge in [0.1, 0.15) is 23.2 Å². The fourth-order valence-corrected chi connectivity index (χ4v) is 11.9. The van der Waals surface area contributed by atoms with Crippen molar-refractivity contribution in [2.75, 3.05) is 13.2 Å². The molecule has 3 heterocycles. The Bertz CT molecular complexity index is 1480. The Balaban J connectivity index is 1.44. The first-order valence-corrected chi connectivity index (χ1v) is 16.5. The highest BCUT2D eigenvalue weighted by Gasteiger charge is 2.63. The number of rotatable bonds is 7. The number of ether oxygens (including phenoxy) is 2. The molecule has 2 fully saturated rings. The molecule has 6 rings (SSSR count). The lowest BCUT2D eigenvalue weighted by Gasteiger charge is -2.45. The van der Waals surface area contributed by atoms with Crippen molar-refractivity contribution >= 4 is 41.3 Å². The highest BCUT2D eigenvalue weighted by molar-refractivity contribution is 6.99. The monoisotopic (exact) mass is 591 g/mol. The summed E-state index contributed by atoms with van der Waals surface area (Å²) in [6.45, 7) is 10.9. The first-order chi connectivity index (χ1) is 19.5. The minimum Gasteiger partial charge on any atom is -0.407 e. The van der Waals surface area contributed by atoms with E-state index in [0.717, 1.165) is 11.0 Å². The maximum atomic E-state index is 11.2. The molecule has 0 amide bonds. The minimum absolute atomic E-state index is 0.1000. The standard InChI is InChI=1S/C32H38ClN3O4Si/c1-30(2,3)41(22-12-8-6-9-13-22,23-14-10-7-11-15-23)38-20-32(19-37)18-25(26-27(32)40-31(4,5)39-26)36-17-16-24-28(33)34-21-35-29(24)36/h6-17,21,25-27,37H,18-20H2,1-5H3/t25-,26+,27+,32+/m1/s1. The van der Waals surface area contributed by atoms with Crippen LogP contribution in [-0.2, 0) is 13.9 Å². The topological polar surface area (TPSA) is 78.6 Å². The van der Waals surface area contributed by atoms with E-state index in [4.69, 9.17) is 25.5 Å². The zero-order valence-electron chi connectivity index (χ0n) is 24.3. The van der Waals surface area contributed by atoms with Gasteiger partial charge >= 0.3 is 0 Å². The molecule has 1 aliphatic heterocycles. The van der Waals surface area contributed by atoms with Gasteiger partial charge in [0, 0.05) is 18.2 Å². The summed E-state index contributed by atoms with van der Waals surface area (Å²) in [5, 5.41) is 14.6. The van der Waals surface area contributed by atoms with Gasteiger partial charge in [-0.1, -0.05) is 93.0 Å². The van der Waals surface area contributed by atoms with Crippen LogP contribution in [0.4, 0.5) is 0 Å². The Labute approximate surface area is 247 Å². The summed E-state index contributed by atoms with van der Waals surface area (Å²) in [5.41, 5.74) is 0.0348. The second kappa shape index (κ2) is 10.3. The number of fused-ring (bicyclic) bond motifs is 2. The molecular weight excluding hydrogens is 554 g/mol.